The van der Waals surface area contributed by atoms with E-state index >= 15 is 0 Å². The molecule has 0 aliphatic heterocycles. The van der Waals surface area contributed by atoms with Crippen LogP contribution in [0.5, 0.6) is 11.5 Å². The largest absolute Gasteiger partial charge is 0.493 e. The maximum absolute atomic E-state index is 6.10. The number of ether oxygens (including phenoxy) is 2. The van der Waals surface area contributed by atoms with E-state index in [1.165, 1.54) is 12.8 Å². The number of nitrogens with one attached hydrogen (secondary N) is 2. The molecule has 146 valence electrons. The molecule has 0 unspecified atom stereocenters. The van der Waals surface area contributed by atoms with Crippen LogP contribution in [-0.2, 0) is 6.54 Å². The number of hydrogen-bond acceptors (Lipinski definition) is 4. The van der Waals surface area contributed by atoms with Gasteiger partial charge in [0.15, 0.2) is 17.5 Å². The molecule has 1 aromatic carbocycles. The van der Waals surface area contributed by atoms with Crippen molar-refractivity contribution in [3.05, 3.63) is 23.8 Å². The zero-order valence-electron chi connectivity index (χ0n) is 16.7. The van der Waals surface area contributed by atoms with Gasteiger partial charge >= 0.3 is 0 Å². The summed E-state index contributed by atoms with van der Waals surface area (Å²) in [6.07, 6.45) is 7.25. The maximum atomic E-state index is 6.10. The third-order valence-electron chi connectivity index (χ3n) is 4.74. The van der Waals surface area contributed by atoms with Crippen LogP contribution >= 0.6 is 11.8 Å². The number of benzene rings is 1. The molecule has 0 amide bonds. The van der Waals surface area contributed by atoms with Crippen molar-refractivity contribution >= 4 is 17.7 Å². The van der Waals surface area contributed by atoms with Crippen molar-refractivity contribution in [2.45, 2.75) is 56.9 Å². The number of nitrogens with zero attached hydrogens (tertiary/aromatic N) is 1. The first kappa shape index (κ1) is 20.7. The van der Waals surface area contributed by atoms with Gasteiger partial charge in [0.2, 0.25) is 0 Å². The quantitative estimate of drug-likeness (QED) is 0.531. The topological polar surface area (TPSA) is 54.9 Å². The number of methoxy groups -OCH3 is 1. The monoisotopic (exact) mass is 379 g/mol. The highest BCUT2D eigenvalue weighted by Crippen LogP contribution is 2.32. The van der Waals surface area contributed by atoms with Gasteiger partial charge in [-0.15, -0.1) is 0 Å². The van der Waals surface area contributed by atoms with Gasteiger partial charge in [-0.05, 0) is 63.5 Å². The van der Waals surface area contributed by atoms with Crippen LogP contribution in [0.4, 0.5) is 0 Å². The molecule has 2 rings (SSSR count). The molecule has 1 aliphatic rings. The average molecular weight is 380 g/mol. The minimum atomic E-state index is 0.167. The minimum absolute atomic E-state index is 0.167. The number of rotatable bonds is 8. The van der Waals surface area contributed by atoms with Gasteiger partial charge < -0.3 is 20.1 Å². The van der Waals surface area contributed by atoms with E-state index in [2.05, 4.69) is 41.8 Å². The zero-order valence-corrected chi connectivity index (χ0v) is 17.5. The summed E-state index contributed by atoms with van der Waals surface area (Å²) in [5.74, 6) is 2.44. The van der Waals surface area contributed by atoms with Crippen LogP contribution in [0.25, 0.3) is 0 Å². The normalized spacial score (nSPS) is 15.8. The Morgan fingerprint density at radius 2 is 1.96 bits per heavy atom. The van der Waals surface area contributed by atoms with Gasteiger partial charge in [0.25, 0.3) is 0 Å². The molecule has 1 aliphatic carbocycles. The first-order valence-electron chi connectivity index (χ1n) is 9.30. The predicted molar refractivity (Wildman–Crippen MR) is 112 cm³/mol. The molecule has 0 spiro atoms. The lowest BCUT2D eigenvalue weighted by molar-refractivity contribution is 0.200. The number of guanidine groups is 1. The smallest absolute Gasteiger partial charge is 0.191 e. The molecule has 1 fully saturated rings. The lowest BCUT2D eigenvalue weighted by Crippen LogP contribution is -2.42. The van der Waals surface area contributed by atoms with E-state index in [4.69, 9.17) is 9.47 Å². The standard InChI is InChI=1S/C20H33N3O2S/c1-20(2,26-5)14-23-19(21-3)22-13-15-10-11-17(18(12-15)24-4)25-16-8-6-7-9-16/h10-12,16H,6-9,13-14H2,1-5H3,(H2,21,22,23). The Bertz CT molecular complexity index is 599. The van der Waals surface area contributed by atoms with E-state index in [0.29, 0.717) is 12.6 Å². The Morgan fingerprint density at radius 3 is 2.58 bits per heavy atom. The fourth-order valence-corrected chi connectivity index (χ4v) is 3.10. The lowest BCUT2D eigenvalue weighted by atomic mass is 10.2. The first-order valence-corrected chi connectivity index (χ1v) is 10.5. The summed E-state index contributed by atoms with van der Waals surface area (Å²) >= 11 is 1.84. The molecule has 2 N–H and O–H groups in total. The van der Waals surface area contributed by atoms with Crippen molar-refractivity contribution in [3.63, 3.8) is 0 Å². The Kier molecular flexibility index (Phi) is 7.94. The number of aliphatic imine (C=N–C) groups is 1. The Morgan fingerprint density at radius 1 is 1.23 bits per heavy atom. The van der Waals surface area contributed by atoms with Crippen molar-refractivity contribution in [3.8, 4) is 11.5 Å². The Balaban J connectivity index is 1.91. The predicted octanol–water partition coefficient (Wildman–Crippen LogP) is 3.82. The van der Waals surface area contributed by atoms with Gasteiger partial charge in [-0.1, -0.05) is 6.07 Å². The van der Waals surface area contributed by atoms with Gasteiger partial charge in [0, 0.05) is 24.9 Å². The first-order chi connectivity index (χ1) is 12.5. The molecule has 0 radical (unpaired) electrons. The Hall–Kier alpha value is -1.56. The van der Waals surface area contributed by atoms with Gasteiger partial charge in [-0.25, -0.2) is 0 Å². The van der Waals surface area contributed by atoms with E-state index in [1.54, 1.807) is 14.2 Å². The van der Waals surface area contributed by atoms with Crippen LogP contribution in [0.15, 0.2) is 23.2 Å². The van der Waals surface area contributed by atoms with Crippen LogP contribution in [0.2, 0.25) is 0 Å². The molecule has 0 heterocycles. The van der Waals surface area contributed by atoms with E-state index in [0.717, 1.165) is 42.4 Å². The number of hydrogen-bond donors (Lipinski definition) is 2. The summed E-state index contributed by atoms with van der Waals surface area (Å²) < 4.78 is 11.8. The van der Waals surface area contributed by atoms with Crippen LogP contribution in [0.3, 0.4) is 0 Å². The van der Waals surface area contributed by atoms with Gasteiger partial charge in [0.1, 0.15) is 0 Å². The van der Waals surface area contributed by atoms with Crippen LogP contribution in [0.1, 0.15) is 45.1 Å². The maximum Gasteiger partial charge on any atom is 0.191 e. The third-order valence-corrected chi connectivity index (χ3v) is 5.99. The van der Waals surface area contributed by atoms with Gasteiger partial charge in [0.05, 0.1) is 13.2 Å². The molecule has 1 saturated carbocycles. The van der Waals surface area contributed by atoms with Crippen molar-refractivity contribution in [1.29, 1.82) is 0 Å². The molecule has 5 nitrogen and oxygen atoms in total. The van der Waals surface area contributed by atoms with E-state index < -0.39 is 0 Å². The van der Waals surface area contributed by atoms with Crippen molar-refractivity contribution in [2.75, 3.05) is 27.0 Å². The SMILES string of the molecule is CN=C(NCc1ccc(OC2CCCC2)c(OC)c1)NCC(C)(C)SC. The van der Waals surface area contributed by atoms with Crippen molar-refractivity contribution in [1.82, 2.24) is 10.6 Å². The summed E-state index contributed by atoms with van der Waals surface area (Å²) in [6, 6.07) is 6.14. The molecule has 0 saturated heterocycles. The summed E-state index contributed by atoms with van der Waals surface area (Å²) in [6.45, 7) is 5.96. The van der Waals surface area contributed by atoms with E-state index in [-0.39, 0.29) is 4.75 Å². The molecule has 1 aromatic rings. The molecule has 26 heavy (non-hydrogen) atoms. The van der Waals surface area contributed by atoms with Crippen LogP contribution in [0, 0.1) is 0 Å². The fraction of sp³-hybridized carbons (Fsp3) is 0.650. The van der Waals surface area contributed by atoms with Crippen LogP contribution < -0.4 is 20.1 Å². The molecule has 6 heteroatoms. The second-order valence-electron chi connectivity index (χ2n) is 7.25. The van der Waals surface area contributed by atoms with Crippen molar-refractivity contribution < 1.29 is 9.47 Å². The fourth-order valence-electron chi connectivity index (χ4n) is 2.88. The Labute approximate surface area is 162 Å². The second-order valence-corrected chi connectivity index (χ2v) is 8.77. The minimum Gasteiger partial charge on any atom is -0.493 e. The molecule has 0 bridgehead atoms. The molecular formula is C20H33N3O2S. The zero-order chi connectivity index (χ0) is 19.0. The molecule has 0 aromatic heterocycles. The highest BCUT2D eigenvalue weighted by molar-refractivity contribution is 7.99. The summed E-state index contributed by atoms with van der Waals surface area (Å²) in [5, 5.41) is 6.74. The summed E-state index contributed by atoms with van der Waals surface area (Å²) in [7, 11) is 3.49. The highest BCUT2D eigenvalue weighted by Gasteiger charge is 2.19. The van der Waals surface area contributed by atoms with Crippen LogP contribution in [-0.4, -0.2) is 43.8 Å². The second kappa shape index (κ2) is 9.95. The van der Waals surface area contributed by atoms with Gasteiger partial charge in [-0.3, -0.25) is 4.99 Å². The van der Waals surface area contributed by atoms with Gasteiger partial charge in [-0.2, -0.15) is 11.8 Å². The average Bonchev–Trinajstić information content (AvgIpc) is 3.16. The summed E-state index contributed by atoms with van der Waals surface area (Å²) in [5.41, 5.74) is 1.13. The van der Waals surface area contributed by atoms with E-state index in [1.807, 2.05) is 23.9 Å². The molecule has 0 atom stereocenters. The highest BCUT2D eigenvalue weighted by atomic mass is 32.2. The number of thioether (sulfide) groups is 1. The van der Waals surface area contributed by atoms with E-state index in [9.17, 15) is 0 Å². The summed E-state index contributed by atoms with van der Waals surface area (Å²) in [4.78, 5) is 4.30. The third kappa shape index (κ3) is 6.31. The molecular weight excluding hydrogens is 346 g/mol. The lowest BCUT2D eigenvalue weighted by Gasteiger charge is -2.23. The van der Waals surface area contributed by atoms with Crippen molar-refractivity contribution in [2.24, 2.45) is 4.99 Å².